The first-order valence-electron chi connectivity index (χ1n) is 9.00. The third-order valence-electron chi connectivity index (χ3n) is 5.40. The Balaban J connectivity index is 1.68. The van der Waals surface area contributed by atoms with Gasteiger partial charge in [0, 0.05) is 26.2 Å². The molecule has 1 aliphatic carbocycles. The Bertz CT molecular complexity index is 394. The number of carbonyl (C=O) groups excluding carboxylic acids is 2. The highest BCUT2D eigenvalue weighted by atomic mass is 16.2. The van der Waals surface area contributed by atoms with Gasteiger partial charge >= 0.3 is 0 Å². The zero-order valence-electron chi connectivity index (χ0n) is 13.5. The van der Waals surface area contributed by atoms with Gasteiger partial charge in [-0.15, -0.1) is 0 Å². The molecule has 0 bridgehead atoms. The number of rotatable bonds is 2. The van der Waals surface area contributed by atoms with Gasteiger partial charge in [0.1, 0.15) is 0 Å². The van der Waals surface area contributed by atoms with Crippen LogP contribution in [0, 0.1) is 11.8 Å². The van der Waals surface area contributed by atoms with Gasteiger partial charge in [-0.05, 0) is 51.4 Å². The molecule has 0 aromatic rings. The van der Waals surface area contributed by atoms with Crippen molar-refractivity contribution >= 4 is 11.8 Å². The summed E-state index contributed by atoms with van der Waals surface area (Å²) in [4.78, 5) is 29.8. The van der Waals surface area contributed by atoms with E-state index in [9.17, 15) is 9.59 Å². The molecule has 2 saturated heterocycles. The van der Waals surface area contributed by atoms with E-state index in [1.165, 1.54) is 12.8 Å². The molecule has 0 spiro atoms. The van der Waals surface area contributed by atoms with Crippen molar-refractivity contribution in [1.29, 1.82) is 0 Å². The minimum Gasteiger partial charge on any atom is -0.342 e. The molecule has 2 fully saturated rings. The summed E-state index contributed by atoms with van der Waals surface area (Å²) in [7, 11) is 0. The first kappa shape index (κ1) is 15.6. The Morgan fingerprint density at radius 1 is 0.636 bits per heavy atom. The van der Waals surface area contributed by atoms with Crippen LogP contribution >= 0.6 is 0 Å². The van der Waals surface area contributed by atoms with Crippen molar-refractivity contribution in [2.75, 3.05) is 26.2 Å². The molecule has 0 N–H and O–H groups in total. The Hall–Kier alpha value is -1.32. The summed E-state index contributed by atoms with van der Waals surface area (Å²) in [5.41, 5.74) is 0. The van der Waals surface area contributed by atoms with Gasteiger partial charge in [0.25, 0.3) is 0 Å². The molecule has 3 rings (SSSR count). The Morgan fingerprint density at radius 3 is 1.36 bits per heavy atom. The Kier molecular flexibility index (Phi) is 5.16. The van der Waals surface area contributed by atoms with E-state index in [2.05, 4.69) is 12.2 Å². The molecule has 0 aromatic carbocycles. The third kappa shape index (κ3) is 3.36. The van der Waals surface area contributed by atoms with Crippen LogP contribution in [0.1, 0.15) is 51.4 Å². The van der Waals surface area contributed by atoms with Crippen molar-refractivity contribution in [3.05, 3.63) is 12.2 Å². The van der Waals surface area contributed by atoms with Gasteiger partial charge in [0.15, 0.2) is 0 Å². The summed E-state index contributed by atoms with van der Waals surface area (Å²) in [5, 5.41) is 0. The van der Waals surface area contributed by atoms with E-state index in [4.69, 9.17) is 0 Å². The maximum atomic E-state index is 12.9. The molecular formula is C18H28N2O2. The second-order valence-corrected chi connectivity index (χ2v) is 6.93. The van der Waals surface area contributed by atoms with Crippen molar-refractivity contribution in [3.8, 4) is 0 Å². The van der Waals surface area contributed by atoms with Crippen molar-refractivity contribution in [2.24, 2.45) is 11.8 Å². The zero-order valence-corrected chi connectivity index (χ0v) is 13.5. The maximum absolute atomic E-state index is 12.9. The highest BCUT2D eigenvalue weighted by Gasteiger charge is 2.38. The number of amides is 2. The van der Waals surface area contributed by atoms with Crippen LogP contribution in [0.5, 0.6) is 0 Å². The van der Waals surface area contributed by atoms with Gasteiger partial charge in [0.05, 0.1) is 11.8 Å². The maximum Gasteiger partial charge on any atom is 0.226 e. The van der Waals surface area contributed by atoms with Gasteiger partial charge in [0.2, 0.25) is 11.8 Å². The van der Waals surface area contributed by atoms with Gasteiger partial charge in [-0.3, -0.25) is 9.59 Å². The normalized spacial score (nSPS) is 29.5. The van der Waals surface area contributed by atoms with Gasteiger partial charge < -0.3 is 9.80 Å². The van der Waals surface area contributed by atoms with E-state index in [0.717, 1.165) is 64.7 Å². The SMILES string of the molecule is O=C([C@@H]1CC=CC[C@H]1C(=O)N1CCCCC1)N1CCCCC1. The molecule has 2 amide bonds. The fourth-order valence-corrected chi connectivity index (χ4v) is 4.06. The fourth-order valence-electron chi connectivity index (χ4n) is 4.06. The molecule has 2 atom stereocenters. The number of hydrogen-bond acceptors (Lipinski definition) is 2. The minimum absolute atomic E-state index is 0.127. The van der Waals surface area contributed by atoms with Crippen molar-refractivity contribution in [3.63, 3.8) is 0 Å². The predicted molar refractivity (Wildman–Crippen MR) is 86.2 cm³/mol. The summed E-state index contributed by atoms with van der Waals surface area (Å²) < 4.78 is 0. The standard InChI is InChI=1S/C18H28N2O2/c21-17(19-11-5-1-6-12-19)15-9-3-4-10-16(15)18(22)20-13-7-2-8-14-20/h3-4,15-16H,1-2,5-14H2/t15-,16-/m1/s1. The lowest BCUT2D eigenvalue weighted by molar-refractivity contribution is -0.147. The summed E-state index contributed by atoms with van der Waals surface area (Å²) in [6.07, 6.45) is 12.5. The third-order valence-corrected chi connectivity index (χ3v) is 5.40. The van der Waals surface area contributed by atoms with Crippen LogP contribution in [0.25, 0.3) is 0 Å². The molecule has 0 unspecified atom stereocenters. The van der Waals surface area contributed by atoms with Crippen LogP contribution in [-0.2, 0) is 9.59 Å². The van der Waals surface area contributed by atoms with Gasteiger partial charge in [-0.25, -0.2) is 0 Å². The average molecular weight is 304 g/mol. The molecular weight excluding hydrogens is 276 g/mol. The summed E-state index contributed by atoms with van der Waals surface area (Å²) in [5.74, 6) is 0.189. The molecule has 22 heavy (non-hydrogen) atoms. The van der Waals surface area contributed by atoms with Crippen LogP contribution < -0.4 is 0 Å². The smallest absolute Gasteiger partial charge is 0.226 e. The molecule has 4 heteroatoms. The quantitative estimate of drug-likeness (QED) is 0.736. The van der Waals surface area contributed by atoms with E-state index in [1.54, 1.807) is 0 Å². The Morgan fingerprint density at radius 2 is 1.00 bits per heavy atom. The molecule has 0 saturated carbocycles. The lowest BCUT2D eigenvalue weighted by Gasteiger charge is -2.37. The van der Waals surface area contributed by atoms with E-state index in [1.807, 2.05) is 9.80 Å². The number of allylic oxidation sites excluding steroid dienone is 2. The highest BCUT2D eigenvalue weighted by molar-refractivity contribution is 5.88. The van der Waals surface area contributed by atoms with E-state index >= 15 is 0 Å². The van der Waals surface area contributed by atoms with Gasteiger partial charge in [-0.2, -0.15) is 0 Å². The molecule has 2 heterocycles. The average Bonchev–Trinajstić information content (AvgIpc) is 2.62. The summed E-state index contributed by atoms with van der Waals surface area (Å²) >= 11 is 0. The number of carbonyl (C=O) groups is 2. The highest BCUT2D eigenvalue weighted by Crippen LogP contribution is 2.31. The first-order valence-corrected chi connectivity index (χ1v) is 9.00. The van der Waals surface area contributed by atoms with Crippen molar-refractivity contribution < 1.29 is 9.59 Å². The van der Waals surface area contributed by atoms with Crippen LogP contribution in [-0.4, -0.2) is 47.8 Å². The molecule has 0 radical (unpaired) electrons. The van der Waals surface area contributed by atoms with E-state index in [0.29, 0.717) is 0 Å². The van der Waals surface area contributed by atoms with Crippen LogP contribution in [0.2, 0.25) is 0 Å². The lowest BCUT2D eigenvalue weighted by atomic mass is 9.80. The van der Waals surface area contributed by atoms with Crippen molar-refractivity contribution in [1.82, 2.24) is 9.80 Å². The lowest BCUT2D eigenvalue weighted by Crippen LogP contribution is -2.48. The molecule has 122 valence electrons. The van der Waals surface area contributed by atoms with E-state index in [-0.39, 0.29) is 23.7 Å². The molecule has 4 nitrogen and oxygen atoms in total. The summed E-state index contributed by atoms with van der Waals surface area (Å²) in [6.45, 7) is 3.51. The minimum atomic E-state index is -0.127. The zero-order chi connectivity index (χ0) is 15.4. The second-order valence-electron chi connectivity index (χ2n) is 6.93. The number of likely N-dealkylation sites (tertiary alicyclic amines) is 2. The second kappa shape index (κ2) is 7.30. The van der Waals surface area contributed by atoms with E-state index < -0.39 is 0 Å². The fraction of sp³-hybridized carbons (Fsp3) is 0.778. The van der Waals surface area contributed by atoms with Crippen LogP contribution in [0.3, 0.4) is 0 Å². The summed E-state index contributed by atoms with van der Waals surface area (Å²) in [6, 6.07) is 0. The molecule has 3 aliphatic rings. The molecule has 2 aliphatic heterocycles. The van der Waals surface area contributed by atoms with Gasteiger partial charge in [-0.1, -0.05) is 12.2 Å². The number of piperidine rings is 2. The monoisotopic (exact) mass is 304 g/mol. The van der Waals surface area contributed by atoms with Crippen molar-refractivity contribution in [2.45, 2.75) is 51.4 Å². The number of hydrogen-bond donors (Lipinski definition) is 0. The van der Waals surface area contributed by atoms with Crippen LogP contribution in [0.15, 0.2) is 12.2 Å². The predicted octanol–water partition coefficient (Wildman–Crippen LogP) is 2.59. The Labute approximate surface area is 133 Å². The number of nitrogens with zero attached hydrogens (tertiary/aromatic N) is 2. The largest absolute Gasteiger partial charge is 0.342 e. The first-order chi connectivity index (χ1) is 10.8. The topological polar surface area (TPSA) is 40.6 Å². The van der Waals surface area contributed by atoms with Crippen LogP contribution in [0.4, 0.5) is 0 Å². The molecule has 0 aromatic heterocycles.